The van der Waals surface area contributed by atoms with Gasteiger partial charge < -0.3 is 14.5 Å². The standard InChI is InChI=1S/C20H21FN6O2/c1-26(2)18-7-8-19(25-24-18)29-15-9-10-27(12-15)20(28)17-11-16(22-23-17)13-3-5-14(21)6-4-13/h3-8,11,15H,9-10,12H2,1-2H3,(H,22,23). The van der Waals surface area contributed by atoms with Crippen LogP contribution in [0.4, 0.5) is 10.2 Å². The average Bonchev–Trinajstić information content (AvgIpc) is 3.38. The third kappa shape index (κ3) is 4.18. The Morgan fingerprint density at radius 2 is 2.00 bits per heavy atom. The zero-order valence-corrected chi connectivity index (χ0v) is 16.2. The molecule has 2 aromatic heterocycles. The molecular weight excluding hydrogens is 375 g/mol. The van der Waals surface area contributed by atoms with Gasteiger partial charge in [0.05, 0.1) is 12.2 Å². The van der Waals surface area contributed by atoms with Crippen molar-refractivity contribution in [3.05, 3.63) is 54.0 Å². The molecule has 1 N–H and O–H groups in total. The highest BCUT2D eigenvalue weighted by Crippen LogP contribution is 2.22. The quantitative estimate of drug-likeness (QED) is 0.713. The van der Waals surface area contributed by atoms with Crippen LogP contribution in [0, 0.1) is 5.82 Å². The monoisotopic (exact) mass is 396 g/mol. The van der Waals surface area contributed by atoms with Crippen LogP contribution in [-0.2, 0) is 0 Å². The smallest absolute Gasteiger partial charge is 0.272 e. The van der Waals surface area contributed by atoms with Crippen LogP contribution in [0.1, 0.15) is 16.9 Å². The van der Waals surface area contributed by atoms with Crippen molar-refractivity contribution in [3.63, 3.8) is 0 Å². The van der Waals surface area contributed by atoms with Crippen LogP contribution in [-0.4, -0.2) is 64.5 Å². The number of halogens is 1. The van der Waals surface area contributed by atoms with Crippen molar-refractivity contribution in [1.82, 2.24) is 25.3 Å². The Hall–Kier alpha value is -3.49. The lowest BCUT2D eigenvalue weighted by molar-refractivity contribution is 0.0765. The Balaban J connectivity index is 1.37. The molecule has 1 amide bonds. The number of aromatic amines is 1. The van der Waals surface area contributed by atoms with Crippen molar-refractivity contribution >= 4 is 11.7 Å². The van der Waals surface area contributed by atoms with Crippen molar-refractivity contribution < 1.29 is 13.9 Å². The second-order valence-corrected chi connectivity index (χ2v) is 7.08. The minimum Gasteiger partial charge on any atom is -0.471 e. The van der Waals surface area contributed by atoms with Crippen LogP contribution in [0.2, 0.25) is 0 Å². The first-order chi connectivity index (χ1) is 14.0. The molecule has 1 atom stereocenters. The van der Waals surface area contributed by atoms with Gasteiger partial charge in [-0.2, -0.15) is 5.10 Å². The molecule has 0 bridgehead atoms. The number of nitrogens with zero attached hydrogens (tertiary/aromatic N) is 5. The van der Waals surface area contributed by atoms with Gasteiger partial charge >= 0.3 is 0 Å². The largest absolute Gasteiger partial charge is 0.471 e. The van der Waals surface area contributed by atoms with Gasteiger partial charge in [0.1, 0.15) is 17.6 Å². The van der Waals surface area contributed by atoms with E-state index in [4.69, 9.17) is 4.74 Å². The fraction of sp³-hybridized carbons (Fsp3) is 0.300. The molecule has 3 heterocycles. The topological polar surface area (TPSA) is 87.2 Å². The van der Waals surface area contributed by atoms with Crippen LogP contribution in [0.25, 0.3) is 11.3 Å². The molecule has 0 saturated carbocycles. The summed E-state index contributed by atoms with van der Waals surface area (Å²) in [4.78, 5) is 16.3. The Morgan fingerprint density at radius 3 is 2.69 bits per heavy atom. The Morgan fingerprint density at radius 1 is 1.21 bits per heavy atom. The molecule has 0 aliphatic carbocycles. The number of benzene rings is 1. The summed E-state index contributed by atoms with van der Waals surface area (Å²) in [7, 11) is 3.78. The summed E-state index contributed by atoms with van der Waals surface area (Å²) in [5, 5.41) is 15.1. The normalized spacial score (nSPS) is 16.1. The molecule has 4 rings (SSSR count). The van der Waals surface area contributed by atoms with Crippen molar-refractivity contribution in [2.24, 2.45) is 0 Å². The summed E-state index contributed by atoms with van der Waals surface area (Å²) in [6.07, 6.45) is 0.569. The predicted octanol–water partition coefficient (Wildman–Crippen LogP) is 2.37. The van der Waals surface area contributed by atoms with Crippen LogP contribution < -0.4 is 9.64 Å². The summed E-state index contributed by atoms with van der Waals surface area (Å²) in [5.74, 6) is 0.725. The van der Waals surface area contributed by atoms with Crippen LogP contribution in [0.5, 0.6) is 5.88 Å². The molecule has 8 nitrogen and oxygen atoms in total. The van der Waals surface area contributed by atoms with Crippen molar-refractivity contribution in [2.45, 2.75) is 12.5 Å². The highest BCUT2D eigenvalue weighted by Gasteiger charge is 2.29. The van der Waals surface area contributed by atoms with Gasteiger partial charge in [-0.05, 0) is 36.4 Å². The first kappa shape index (κ1) is 18.9. The number of carbonyl (C=O) groups excluding carboxylic acids is 1. The Kier molecular flexibility index (Phi) is 5.11. The number of hydrogen-bond donors (Lipinski definition) is 1. The number of amides is 1. The summed E-state index contributed by atoms with van der Waals surface area (Å²) in [6, 6.07) is 11.3. The van der Waals surface area contributed by atoms with E-state index in [1.165, 1.54) is 12.1 Å². The maximum atomic E-state index is 13.1. The molecule has 1 unspecified atom stereocenters. The molecule has 1 aliphatic rings. The predicted molar refractivity (Wildman–Crippen MR) is 105 cm³/mol. The second-order valence-electron chi connectivity index (χ2n) is 7.08. The number of nitrogens with one attached hydrogen (secondary N) is 1. The van der Waals surface area contributed by atoms with Gasteiger partial charge in [0.15, 0.2) is 5.82 Å². The number of carbonyl (C=O) groups is 1. The van der Waals surface area contributed by atoms with Crippen LogP contribution in [0.3, 0.4) is 0 Å². The van der Waals surface area contributed by atoms with Gasteiger partial charge in [-0.3, -0.25) is 9.89 Å². The molecule has 29 heavy (non-hydrogen) atoms. The molecule has 0 spiro atoms. The van der Waals surface area contributed by atoms with Crippen LogP contribution >= 0.6 is 0 Å². The van der Waals surface area contributed by atoms with Gasteiger partial charge in [-0.15, -0.1) is 10.2 Å². The molecule has 1 fully saturated rings. The van der Waals surface area contributed by atoms with E-state index in [9.17, 15) is 9.18 Å². The third-order valence-corrected chi connectivity index (χ3v) is 4.75. The molecule has 9 heteroatoms. The van der Waals surface area contributed by atoms with E-state index in [1.807, 2.05) is 25.1 Å². The Labute approximate surface area is 167 Å². The zero-order valence-electron chi connectivity index (χ0n) is 16.2. The van der Waals surface area contributed by atoms with Gasteiger partial charge in [0.2, 0.25) is 5.88 Å². The molecule has 0 radical (unpaired) electrons. The van der Waals surface area contributed by atoms with Gasteiger partial charge in [0.25, 0.3) is 5.91 Å². The zero-order chi connectivity index (χ0) is 20.4. The lowest BCUT2D eigenvalue weighted by Crippen LogP contribution is -2.31. The summed E-state index contributed by atoms with van der Waals surface area (Å²) in [6.45, 7) is 1.04. The molecule has 1 aromatic carbocycles. The lowest BCUT2D eigenvalue weighted by Gasteiger charge is -2.16. The van der Waals surface area contributed by atoms with E-state index in [1.54, 1.807) is 29.2 Å². The number of aromatic nitrogens is 4. The van der Waals surface area contributed by atoms with E-state index in [-0.39, 0.29) is 17.8 Å². The number of anilines is 1. The fourth-order valence-corrected chi connectivity index (χ4v) is 3.16. The van der Waals surface area contributed by atoms with Gasteiger partial charge in [0, 0.05) is 38.7 Å². The lowest BCUT2D eigenvalue weighted by atomic mass is 10.1. The van der Waals surface area contributed by atoms with E-state index in [2.05, 4.69) is 20.4 Å². The summed E-state index contributed by atoms with van der Waals surface area (Å²) < 4.78 is 18.9. The maximum absolute atomic E-state index is 13.1. The van der Waals surface area contributed by atoms with Crippen LogP contribution in [0.15, 0.2) is 42.5 Å². The average molecular weight is 396 g/mol. The number of likely N-dealkylation sites (tertiary alicyclic amines) is 1. The van der Waals surface area contributed by atoms with Crippen molar-refractivity contribution in [3.8, 4) is 17.1 Å². The number of H-pyrrole nitrogens is 1. The van der Waals surface area contributed by atoms with E-state index >= 15 is 0 Å². The molecule has 1 saturated heterocycles. The Bertz CT molecular complexity index is 987. The van der Waals surface area contributed by atoms with E-state index in [0.29, 0.717) is 36.8 Å². The van der Waals surface area contributed by atoms with E-state index < -0.39 is 0 Å². The number of rotatable bonds is 5. The van der Waals surface area contributed by atoms with Gasteiger partial charge in [-0.1, -0.05) is 0 Å². The first-order valence-electron chi connectivity index (χ1n) is 9.28. The fourth-order valence-electron chi connectivity index (χ4n) is 3.16. The summed E-state index contributed by atoms with van der Waals surface area (Å²) in [5.41, 5.74) is 1.72. The first-order valence-corrected chi connectivity index (χ1v) is 9.28. The van der Waals surface area contributed by atoms with E-state index in [0.717, 1.165) is 11.4 Å². The molecule has 3 aromatic rings. The third-order valence-electron chi connectivity index (χ3n) is 4.75. The highest BCUT2D eigenvalue weighted by molar-refractivity contribution is 5.93. The number of ether oxygens (including phenoxy) is 1. The molecular formula is C20H21FN6O2. The van der Waals surface area contributed by atoms with Crippen molar-refractivity contribution in [1.29, 1.82) is 0 Å². The minimum absolute atomic E-state index is 0.141. The molecule has 1 aliphatic heterocycles. The highest BCUT2D eigenvalue weighted by atomic mass is 19.1. The number of hydrogen-bond acceptors (Lipinski definition) is 6. The summed E-state index contributed by atoms with van der Waals surface area (Å²) >= 11 is 0. The molecule has 150 valence electrons. The van der Waals surface area contributed by atoms with Gasteiger partial charge in [-0.25, -0.2) is 4.39 Å². The van der Waals surface area contributed by atoms with Crippen molar-refractivity contribution in [2.75, 3.05) is 32.1 Å². The minimum atomic E-state index is -0.315. The SMILES string of the molecule is CN(C)c1ccc(OC2CCN(C(=O)c3cc(-c4ccc(F)cc4)n[nH]3)C2)nn1. The maximum Gasteiger partial charge on any atom is 0.272 e. The second kappa shape index (κ2) is 7.86.